The van der Waals surface area contributed by atoms with Gasteiger partial charge in [-0.05, 0) is 66.1 Å². The first kappa shape index (κ1) is 28.0. The lowest BCUT2D eigenvalue weighted by Gasteiger charge is -2.31. The molecule has 38 heavy (non-hydrogen) atoms. The van der Waals surface area contributed by atoms with Gasteiger partial charge in [-0.2, -0.15) is 0 Å². The van der Waals surface area contributed by atoms with Gasteiger partial charge < -0.3 is 10.4 Å². The van der Waals surface area contributed by atoms with Crippen molar-refractivity contribution in [2.75, 3.05) is 0 Å². The van der Waals surface area contributed by atoms with Gasteiger partial charge in [0.1, 0.15) is 0 Å². The van der Waals surface area contributed by atoms with Gasteiger partial charge in [-0.15, -0.1) is 0 Å². The summed E-state index contributed by atoms with van der Waals surface area (Å²) >= 11 is 6.17. The molecule has 4 rings (SSSR count). The predicted molar refractivity (Wildman–Crippen MR) is 150 cm³/mol. The Morgan fingerprint density at radius 2 is 1.76 bits per heavy atom. The van der Waals surface area contributed by atoms with E-state index in [1.807, 2.05) is 18.2 Å². The maximum Gasteiger partial charge on any atom is 0.277 e. The van der Waals surface area contributed by atoms with E-state index < -0.39 is 23.5 Å². The van der Waals surface area contributed by atoms with Crippen molar-refractivity contribution in [2.45, 2.75) is 64.5 Å². The number of aryl methyl sites for hydroxylation is 1. The molecule has 2 unspecified atom stereocenters. The highest BCUT2D eigenvalue weighted by Crippen LogP contribution is 2.44. The van der Waals surface area contributed by atoms with Crippen LogP contribution in [0.5, 0.6) is 0 Å². The Balaban J connectivity index is 1.64. The highest BCUT2D eigenvalue weighted by molar-refractivity contribution is 6.30. The highest BCUT2D eigenvalue weighted by Gasteiger charge is 2.44. The summed E-state index contributed by atoms with van der Waals surface area (Å²) in [5, 5.41) is 14.8. The number of aliphatic hydroxyl groups is 1. The zero-order valence-electron chi connectivity index (χ0n) is 22.0. The molecule has 1 amide bonds. The molecule has 2 N–H and O–H groups in total. The third kappa shape index (κ3) is 6.16. The van der Waals surface area contributed by atoms with E-state index in [-0.39, 0.29) is 17.9 Å². The van der Waals surface area contributed by atoms with Gasteiger partial charge >= 0.3 is 0 Å². The van der Waals surface area contributed by atoms with Crippen LogP contribution < -0.4 is 5.32 Å². The topological polar surface area (TPSA) is 49.3 Å². The number of halogens is 3. The first-order valence-corrected chi connectivity index (χ1v) is 13.4. The number of fused-ring (bicyclic) bond motifs is 1. The van der Waals surface area contributed by atoms with E-state index in [0.29, 0.717) is 16.1 Å². The van der Waals surface area contributed by atoms with Crippen molar-refractivity contribution in [3.05, 3.63) is 111 Å². The van der Waals surface area contributed by atoms with Crippen LogP contribution in [0.2, 0.25) is 5.02 Å². The predicted octanol–water partition coefficient (Wildman–Crippen LogP) is 7.90. The number of hydrogen-bond donors (Lipinski definition) is 2. The Bertz CT molecular complexity index is 1310. The maximum absolute atomic E-state index is 14.9. The van der Waals surface area contributed by atoms with Crippen molar-refractivity contribution in [3.8, 4) is 0 Å². The van der Waals surface area contributed by atoms with Crippen LogP contribution in [0, 0.1) is 5.41 Å². The number of aliphatic hydroxyl groups excluding tert-OH is 1. The number of benzene rings is 3. The second-order valence-corrected chi connectivity index (χ2v) is 11.4. The van der Waals surface area contributed by atoms with E-state index in [0.717, 1.165) is 36.0 Å². The lowest BCUT2D eigenvalue weighted by Crippen LogP contribution is -2.41. The molecule has 0 radical (unpaired) electrons. The average molecular weight is 538 g/mol. The number of rotatable bonds is 7. The summed E-state index contributed by atoms with van der Waals surface area (Å²) in [6.45, 7) is 4.52. The van der Waals surface area contributed by atoms with Crippen molar-refractivity contribution in [1.29, 1.82) is 0 Å². The van der Waals surface area contributed by atoms with Crippen molar-refractivity contribution >= 4 is 23.6 Å². The summed E-state index contributed by atoms with van der Waals surface area (Å²) in [6, 6.07) is 18.0. The number of amides is 1. The minimum Gasteiger partial charge on any atom is -0.386 e. The highest BCUT2D eigenvalue weighted by atomic mass is 35.5. The third-order valence-corrected chi connectivity index (χ3v) is 7.38. The Morgan fingerprint density at radius 1 is 1.05 bits per heavy atom. The van der Waals surface area contributed by atoms with Gasteiger partial charge in [0.25, 0.3) is 11.8 Å². The van der Waals surface area contributed by atoms with Crippen molar-refractivity contribution in [3.63, 3.8) is 0 Å². The normalized spacial score (nSPS) is 15.3. The summed E-state index contributed by atoms with van der Waals surface area (Å²) in [7, 11) is 0. The fraction of sp³-hybridized carbons (Fsp3) is 0.344. The number of allylic oxidation sites excluding steroid dienone is 1. The summed E-state index contributed by atoms with van der Waals surface area (Å²) in [5.74, 6) is -3.30. The number of nitrogens with one attached hydrogen (secondary N) is 1. The molecule has 3 aromatic rings. The molecule has 0 aromatic heterocycles. The minimum absolute atomic E-state index is 0.0662. The van der Waals surface area contributed by atoms with E-state index in [2.05, 4.69) is 11.4 Å². The standard InChI is InChI=1S/C32H34ClF2NO2/c1-31(2,3)32(34,35)24-17-15-21(16-18-24)19-28(29(37)23-11-7-12-25(33)20-23)36-30(38)27-14-8-10-22-9-5-4-6-13-26(22)27/h6-8,10-18,20,28-29,37H,4-5,9,19H2,1-3H3,(H,36,38). The molecular weight excluding hydrogens is 504 g/mol. The molecule has 200 valence electrons. The average Bonchev–Trinajstić information content (AvgIpc) is 3.13. The Hall–Kier alpha value is -3.02. The summed E-state index contributed by atoms with van der Waals surface area (Å²) < 4.78 is 29.7. The molecule has 3 nitrogen and oxygen atoms in total. The summed E-state index contributed by atoms with van der Waals surface area (Å²) in [4.78, 5) is 13.5. The lowest BCUT2D eigenvalue weighted by molar-refractivity contribution is -0.104. The van der Waals surface area contributed by atoms with E-state index in [1.54, 1.807) is 42.5 Å². The maximum atomic E-state index is 14.9. The van der Waals surface area contributed by atoms with Crippen molar-refractivity contribution in [1.82, 2.24) is 5.32 Å². The van der Waals surface area contributed by atoms with E-state index in [9.17, 15) is 18.7 Å². The van der Waals surface area contributed by atoms with E-state index in [1.165, 1.54) is 32.9 Å². The Morgan fingerprint density at radius 3 is 2.45 bits per heavy atom. The fourth-order valence-electron chi connectivity index (χ4n) is 4.79. The second-order valence-electron chi connectivity index (χ2n) is 11.0. The third-order valence-electron chi connectivity index (χ3n) is 7.14. The first-order valence-electron chi connectivity index (χ1n) is 13.0. The van der Waals surface area contributed by atoms with Crippen LogP contribution in [0.15, 0.2) is 72.8 Å². The largest absolute Gasteiger partial charge is 0.386 e. The molecule has 1 aliphatic carbocycles. The quantitative estimate of drug-likeness (QED) is 0.322. The zero-order chi connectivity index (χ0) is 27.5. The van der Waals surface area contributed by atoms with Gasteiger partial charge in [-0.3, -0.25) is 4.79 Å². The van der Waals surface area contributed by atoms with E-state index >= 15 is 0 Å². The molecule has 3 aromatic carbocycles. The van der Waals surface area contributed by atoms with Gasteiger partial charge in [0.2, 0.25) is 0 Å². The van der Waals surface area contributed by atoms with Gasteiger partial charge in [-0.25, -0.2) is 8.78 Å². The fourth-order valence-corrected chi connectivity index (χ4v) is 4.98. The molecule has 0 saturated carbocycles. The van der Waals surface area contributed by atoms with E-state index in [4.69, 9.17) is 11.6 Å². The smallest absolute Gasteiger partial charge is 0.277 e. The number of carbonyl (C=O) groups excluding carboxylic acids is 1. The van der Waals surface area contributed by atoms with Crippen molar-refractivity contribution < 1.29 is 18.7 Å². The molecule has 0 bridgehead atoms. The van der Waals surface area contributed by atoms with Gasteiger partial charge in [0, 0.05) is 21.6 Å². The molecule has 6 heteroatoms. The molecule has 1 aliphatic rings. The molecule has 0 saturated heterocycles. The monoisotopic (exact) mass is 537 g/mol. The molecule has 0 heterocycles. The van der Waals surface area contributed by atoms with Crippen LogP contribution >= 0.6 is 11.6 Å². The zero-order valence-corrected chi connectivity index (χ0v) is 22.7. The number of carbonyl (C=O) groups is 1. The van der Waals surface area contributed by atoms with Gasteiger partial charge in [-0.1, -0.05) is 93.1 Å². The SMILES string of the molecule is CC(C)(C)C(F)(F)c1ccc(CC(NC(=O)c2cccc3c2C=CCCC3)C(O)c2cccc(Cl)c2)cc1. The lowest BCUT2D eigenvalue weighted by atomic mass is 9.83. The van der Waals surface area contributed by atoms with Gasteiger partial charge in [0.05, 0.1) is 12.1 Å². The van der Waals surface area contributed by atoms with Crippen LogP contribution in [0.1, 0.15) is 77.9 Å². The molecule has 0 spiro atoms. The Labute approximate surface area is 228 Å². The van der Waals surface area contributed by atoms with Crippen LogP contribution in [-0.4, -0.2) is 17.1 Å². The summed E-state index contributed by atoms with van der Waals surface area (Å²) in [5.41, 5.74) is 2.55. The molecular formula is C32H34ClF2NO2. The molecule has 0 aliphatic heterocycles. The number of alkyl halides is 2. The van der Waals surface area contributed by atoms with Crippen LogP contribution in [-0.2, 0) is 18.8 Å². The molecule has 0 fully saturated rings. The minimum atomic E-state index is -3.00. The summed E-state index contributed by atoms with van der Waals surface area (Å²) in [6.07, 6.45) is 6.12. The van der Waals surface area contributed by atoms with Crippen LogP contribution in [0.3, 0.4) is 0 Å². The Kier molecular flexibility index (Phi) is 8.39. The van der Waals surface area contributed by atoms with Crippen LogP contribution in [0.25, 0.3) is 6.08 Å². The van der Waals surface area contributed by atoms with Crippen LogP contribution in [0.4, 0.5) is 8.78 Å². The second kappa shape index (κ2) is 11.4. The number of hydrogen-bond acceptors (Lipinski definition) is 2. The van der Waals surface area contributed by atoms with Crippen molar-refractivity contribution in [2.24, 2.45) is 5.41 Å². The first-order chi connectivity index (χ1) is 18.0. The molecule has 2 atom stereocenters. The van der Waals surface area contributed by atoms with Gasteiger partial charge in [0.15, 0.2) is 0 Å².